The number of aromatic nitrogens is 4. The molecule has 0 radical (unpaired) electrons. The van der Waals surface area contributed by atoms with Gasteiger partial charge in [0, 0.05) is 42.8 Å². The summed E-state index contributed by atoms with van der Waals surface area (Å²) >= 11 is 0. The second-order valence-electron chi connectivity index (χ2n) is 6.24. The van der Waals surface area contributed by atoms with Gasteiger partial charge in [0.05, 0.1) is 17.4 Å². The molecule has 0 bridgehead atoms. The quantitative estimate of drug-likeness (QED) is 0.765. The van der Waals surface area contributed by atoms with Crippen LogP contribution in [0.3, 0.4) is 0 Å². The fraction of sp³-hybridized carbons (Fsp3) is 0.263. The lowest BCUT2D eigenvalue weighted by molar-refractivity contribution is 0.756. The predicted molar refractivity (Wildman–Crippen MR) is 96.8 cm³/mol. The second kappa shape index (κ2) is 6.57. The first-order chi connectivity index (χ1) is 12.2. The zero-order chi connectivity index (χ0) is 17.2. The van der Waals surface area contributed by atoms with Gasteiger partial charge in [-0.15, -0.1) is 0 Å². The molecule has 0 unspecified atom stereocenters. The largest absolute Gasteiger partial charge is 0.362 e. The van der Waals surface area contributed by atoms with Crippen molar-refractivity contribution in [1.82, 2.24) is 25.3 Å². The molecule has 4 heterocycles. The van der Waals surface area contributed by atoms with Gasteiger partial charge in [-0.05, 0) is 37.6 Å². The molecule has 0 amide bonds. The first kappa shape index (κ1) is 15.7. The van der Waals surface area contributed by atoms with Crippen LogP contribution in [0.2, 0.25) is 0 Å². The monoisotopic (exact) mass is 332 g/mol. The molecule has 6 nitrogen and oxygen atoms in total. The maximum Gasteiger partial charge on any atom is 0.163 e. The molecular weight excluding hydrogens is 312 g/mol. The van der Waals surface area contributed by atoms with Gasteiger partial charge in [0.1, 0.15) is 5.82 Å². The molecule has 3 aromatic rings. The normalized spacial score (nSPS) is 14.2. The van der Waals surface area contributed by atoms with Crippen molar-refractivity contribution >= 4 is 5.82 Å². The fourth-order valence-corrected chi connectivity index (χ4v) is 3.14. The van der Waals surface area contributed by atoms with Crippen LogP contribution in [0.15, 0.2) is 42.9 Å². The highest BCUT2D eigenvalue weighted by Crippen LogP contribution is 2.28. The molecule has 0 spiro atoms. The summed E-state index contributed by atoms with van der Waals surface area (Å²) in [5.74, 6) is 1.56. The number of nitrogens with zero attached hydrogens (tertiary/aromatic N) is 4. The Kier molecular flexibility index (Phi) is 4.11. The number of anilines is 1. The minimum absolute atomic E-state index is 0.0579. The smallest absolute Gasteiger partial charge is 0.163 e. The third-order valence-electron chi connectivity index (χ3n) is 4.42. The summed E-state index contributed by atoms with van der Waals surface area (Å²) < 4.78 is 0. The van der Waals surface area contributed by atoms with E-state index in [1.807, 2.05) is 24.4 Å². The fourth-order valence-electron chi connectivity index (χ4n) is 3.14. The van der Waals surface area contributed by atoms with E-state index in [0.29, 0.717) is 5.82 Å². The van der Waals surface area contributed by atoms with Crippen molar-refractivity contribution in [3.05, 3.63) is 65.4 Å². The van der Waals surface area contributed by atoms with Crippen LogP contribution in [0.25, 0.3) is 11.4 Å². The summed E-state index contributed by atoms with van der Waals surface area (Å²) in [5, 5.41) is 6.89. The average molecular weight is 332 g/mol. The predicted octanol–water partition coefficient (Wildman–Crippen LogP) is 3.02. The summed E-state index contributed by atoms with van der Waals surface area (Å²) in [4.78, 5) is 18.2. The van der Waals surface area contributed by atoms with Crippen LogP contribution >= 0.6 is 0 Å². The average Bonchev–Trinajstić information content (AvgIpc) is 3.11. The molecule has 1 aliphatic heterocycles. The highest BCUT2D eigenvalue weighted by molar-refractivity contribution is 5.60. The number of pyridine rings is 2. The van der Waals surface area contributed by atoms with Gasteiger partial charge >= 0.3 is 0 Å². The Balaban J connectivity index is 1.72. The minimum atomic E-state index is 0.0579. The van der Waals surface area contributed by atoms with Crippen LogP contribution < -0.4 is 10.6 Å². The number of hydrogen-bond donors (Lipinski definition) is 2. The molecule has 0 saturated carbocycles. The summed E-state index contributed by atoms with van der Waals surface area (Å²) in [6, 6.07) is 7.97. The molecule has 0 aliphatic carbocycles. The van der Waals surface area contributed by atoms with E-state index >= 15 is 0 Å². The van der Waals surface area contributed by atoms with Crippen LogP contribution in [-0.2, 0) is 13.1 Å². The highest BCUT2D eigenvalue weighted by Gasteiger charge is 2.21. The molecule has 2 N–H and O–H groups in total. The van der Waals surface area contributed by atoms with Crippen LogP contribution in [0, 0.1) is 6.92 Å². The molecule has 1 aliphatic rings. The Hall–Kier alpha value is -2.86. The van der Waals surface area contributed by atoms with E-state index in [0.717, 1.165) is 41.4 Å². The molecule has 1 atom stereocenters. The molecule has 3 aromatic heterocycles. The van der Waals surface area contributed by atoms with E-state index in [1.54, 1.807) is 12.4 Å². The van der Waals surface area contributed by atoms with Gasteiger partial charge in [-0.1, -0.05) is 6.07 Å². The van der Waals surface area contributed by atoms with E-state index in [9.17, 15) is 0 Å². The minimum Gasteiger partial charge on any atom is -0.362 e. The van der Waals surface area contributed by atoms with E-state index in [4.69, 9.17) is 9.97 Å². The Morgan fingerprint density at radius 2 is 2.00 bits per heavy atom. The van der Waals surface area contributed by atoms with Crippen molar-refractivity contribution in [2.75, 3.05) is 5.32 Å². The Morgan fingerprint density at radius 1 is 1.12 bits per heavy atom. The molecule has 126 valence electrons. The Morgan fingerprint density at radius 3 is 2.80 bits per heavy atom. The van der Waals surface area contributed by atoms with Crippen molar-refractivity contribution < 1.29 is 0 Å². The Labute approximate surface area is 146 Å². The van der Waals surface area contributed by atoms with E-state index in [1.165, 1.54) is 5.56 Å². The zero-order valence-corrected chi connectivity index (χ0v) is 14.3. The van der Waals surface area contributed by atoms with Gasteiger partial charge in [0.2, 0.25) is 0 Å². The standard InChI is InChI=1S/C19H20N6/c1-12-5-3-8-22-17(12)13(2)23-19-15-10-21-11-16(15)24-18(25-19)14-6-4-7-20-9-14/h3-9,13,21H,10-11H2,1-2H3,(H,23,24,25)/t13-/m0/s1. The van der Waals surface area contributed by atoms with E-state index in [2.05, 4.69) is 40.5 Å². The Bertz CT molecular complexity index is 894. The lowest BCUT2D eigenvalue weighted by atomic mass is 10.1. The molecule has 0 saturated heterocycles. The van der Waals surface area contributed by atoms with Crippen LogP contribution in [-0.4, -0.2) is 19.9 Å². The van der Waals surface area contributed by atoms with Crippen LogP contribution in [0.4, 0.5) is 5.82 Å². The maximum absolute atomic E-state index is 4.78. The maximum atomic E-state index is 4.78. The third-order valence-corrected chi connectivity index (χ3v) is 4.42. The number of hydrogen-bond acceptors (Lipinski definition) is 6. The van der Waals surface area contributed by atoms with Crippen molar-refractivity contribution in [3.63, 3.8) is 0 Å². The van der Waals surface area contributed by atoms with Crippen molar-refractivity contribution in [1.29, 1.82) is 0 Å². The lowest BCUT2D eigenvalue weighted by Gasteiger charge is -2.18. The van der Waals surface area contributed by atoms with E-state index < -0.39 is 0 Å². The van der Waals surface area contributed by atoms with Crippen LogP contribution in [0.1, 0.15) is 35.5 Å². The zero-order valence-electron chi connectivity index (χ0n) is 14.3. The summed E-state index contributed by atoms with van der Waals surface area (Å²) in [5.41, 5.74) is 5.29. The molecule has 0 aromatic carbocycles. The van der Waals surface area contributed by atoms with Gasteiger partial charge in [0.25, 0.3) is 0 Å². The summed E-state index contributed by atoms with van der Waals surface area (Å²) in [6.07, 6.45) is 5.37. The molecular formula is C19H20N6. The summed E-state index contributed by atoms with van der Waals surface area (Å²) in [6.45, 7) is 5.72. The molecule has 0 fully saturated rings. The highest BCUT2D eigenvalue weighted by atomic mass is 15.1. The number of fused-ring (bicyclic) bond motifs is 1. The molecule has 25 heavy (non-hydrogen) atoms. The first-order valence-electron chi connectivity index (χ1n) is 8.41. The van der Waals surface area contributed by atoms with Crippen molar-refractivity contribution in [2.24, 2.45) is 0 Å². The molecule has 6 heteroatoms. The van der Waals surface area contributed by atoms with Gasteiger partial charge in [-0.2, -0.15) is 0 Å². The van der Waals surface area contributed by atoms with Crippen molar-refractivity contribution in [3.8, 4) is 11.4 Å². The lowest BCUT2D eigenvalue weighted by Crippen LogP contribution is -2.14. The van der Waals surface area contributed by atoms with E-state index in [-0.39, 0.29) is 6.04 Å². The number of aryl methyl sites for hydroxylation is 1. The van der Waals surface area contributed by atoms with Gasteiger partial charge < -0.3 is 10.6 Å². The first-order valence-corrected chi connectivity index (χ1v) is 8.41. The number of nitrogens with one attached hydrogen (secondary N) is 2. The second-order valence-corrected chi connectivity index (χ2v) is 6.24. The van der Waals surface area contributed by atoms with Gasteiger partial charge in [-0.25, -0.2) is 9.97 Å². The van der Waals surface area contributed by atoms with Gasteiger partial charge in [0.15, 0.2) is 5.82 Å². The SMILES string of the molecule is Cc1cccnc1[C@H](C)Nc1nc(-c2cccnc2)nc2c1CNC2. The van der Waals surface area contributed by atoms with Gasteiger partial charge in [-0.3, -0.25) is 9.97 Å². The summed E-state index contributed by atoms with van der Waals surface area (Å²) in [7, 11) is 0. The molecule has 4 rings (SSSR count). The topological polar surface area (TPSA) is 75.6 Å². The van der Waals surface area contributed by atoms with Crippen molar-refractivity contribution in [2.45, 2.75) is 33.0 Å². The van der Waals surface area contributed by atoms with Crippen LogP contribution in [0.5, 0.6) is 0 Å². The third kappa shape index (κ3) is 3.08. The number of rotatable bonds is 4.